The topological polar surface area (TPSA) is 12.9 Å². The molecule has 0 unspecified atom stereocenters. The molecule has 140 valence electrons. The summed E-state index contributed by atoms with van der Waals surface area (Å²) in [5, 5.41) is 1.39. The second kappa shape index (κ2) is 7.04. The van der Waals surface area contributed by atoms with E-state index in [9.17, 15) is 4.39 Å². The van der Waals surface area contributed by atoms with E-state index in [1.54, 1.807) is 6.07 Å². The predicted octanol–water partition coefficient (Wildman–Crippen LogP) is 6.40. The second-order valence-electron chi connectivity index (χ2n) is 9.18. The average molecular weight is 378 g/mol. The molecule has 1 nitrogen and oxygen atoms in total. The number of nitrogens with zero attached hydrogens (tertiary/aromatic N) is 1. The van der Waals surface area contributed by atoms with E-state index in [1.807, 2.05) is 48.7 Å². The first-order valence-electron chi connectivity index (χ1n) is 9.44. The van der Waals surface area contributed by atoms with Crippen molar-refractivity contribution in [2.45, 2.75) is 45.8 Å². The van der Waals surface area contributed by atoms with Gasteiger partial charge in [0.25, 0.3) is 0 Å². The number of pyridine rings is 1. The lowest BCUT2D eigenvalue weighted by molar-refractivity contribution is 0.593. The highest BCUT2D eigenvalue weighted by molar-refractivity contribution is 6.89. The monoisotopic (exact) mass is 377 g/mol. The molecule has 0 saturated heterocycles. The van der Waals surface area contributed by atoms with E-state index < -0.39 is 8.07 Å². The van der Waals surface area contributed by atoms with E-state index in [0.717, 1.165) is 16.8 Å². The Labute approximate surface area is 163 Å². The summed E-state index contributed by atoms with van der Waals surface area (Å²) in [5.41, 5.74) is 4.72. The van der Waals surface area contributed by atoms with E-state index in [4.69, 9.17) is 4.98 Å². The molecule has 2 aromatic carbocycles. The normalized spacial score (nSPS) is 12.3. The van der Waals surface area contributed by atoms with Crippen LogP contribution >= 0.6 is 0 Å². The van der Waals surface area contributed by atoms with Gasteiger partial charge in [-0.15, -0.1) is 0 Å². The molecule has 0 N–H and O–H groups in total. The van der Waals surface area contributed by atoms with E-state index in [2.05, 4.69) is 46.5 Å². The fraction of sp³-hybridized carbons (Fsp3) is 0.292. The molecule has 3 aromatic rings. The molecule has 27 heavy (non-hydrogen) atoms. The Bertz CT molecular complexity index is 950. The molecule has 0 aliphatic carbocycles. The lowest BCUT2D eigenvalue weighted by Gasteiger charge is -2.29. The van der Waals surface area contributed by atoms with Crippen molar-refractivity contribution >= 4 is 13.3 Å². The van der Waals surface area contributed by atoms with E-state index in [0.29, 0.717) is 5.56 Å². The molecular formula is C24H28FNSi. The highest BCUT2D eigenvalue weighted by Crippen LogP contribution is 2.30. The summed E-state index contributed by atoms with van der Waals surface area (Å²) < 4.78 is 14.4. The summed E-state index contributed by atoms with van der Waals surface area (Å²) in [6.45, 7) is 13.8. The fourth-order valence-electron chi connectivity index (χ4n) is 3.35. The minimum Gasteiger partial charge on any atom is -0.256 e. The van der Waals surface area contributed by atoms with Gasteiger partial charge in [-0.1, -0.05) is 70.7 Å². The van der Waals surface area contributed by atoms with Crippen molar-refractivity contribution in [1.82, 2.24) is 4.98 Å². The molecule has 0 aliphatic rings. The van der Waals surface area contributed by atoms with Crippen LogP contribution in [0.25, 0.3) is 22.4 Å². The van der Waals surface area contributed by atoms with Gasteiger partial charge in [0, 0.05) is 17.3 Å². The number of benzene rings is 2. The van der Waals surface area contributed by atoms with Gasteiger partial charge in [0.1, 0.15) is 5.82 Å². The summed E-state index contributed by atoms with van der Waals surface area (Å²) in [7, 11) is -1.51. The lowest BCUT2D eigenvalue weighted by Crippen LogP contribution is -2.43. The van der Waals surface area contributed by atoms with Gasteiger partial charge >= 0.3 is 0 Å². The van der Waals surface area contributed by atoms with Crippen molar-refractivity contribution in [3.05, 3.63) is 72.2 Å². The fourth-order valence-corrected chi connectivity index (χ4v) is 5.06. The van der Waals surface area contributed by atoms with Crippen LogP contribution in [0, 0.1) is 5.82 Å². The van der Waals surface area contributed by atoms with Gasteiger partial charge in [-0.3, -0.25) is 4.98 Å². The summed E-state index contributed by atoms with van der Waals surface area (Å²) in [4.78, 5) is 4.77. The molecule has 0 saturated carbocycles. The molecule has 0 fully saturated rings. The standard InChI is InChI=1S/C24H28FNSi/c1-24(2,3)20-15-22(26-16-23(20)27(4,5)6)18-12-13-21(25)19(14-18)17-10-8-7-9-11-17/h7-16H,1-6H3. The van der Waals surface area contributed by atoms with E-state index in [-0.39, 0.29) is 11.2 Å². The molecule has 3 heteroatoms. The average Bonchev–Trinajstić information content (AvgIpc) is 2.61. The van der Waals surface area contributed by atoms with Crippen molar-refractivity contribution in [2.75, 3.05) is 0 Å². The van der Waals surface area contributed by atoms with Crippen molar-refractivity contribution in [3.63, 3.8) is 0 Å². The Balaban J connectivity index is 2.15. The summed E-state index contributed by atoms with van der Waals surface area (Å²) in [5.74, 6) is -0.209. The second-order valence-corrected chi connectivity index (χ2v) is 14.2. The van der Waals surface area contributed by atoms with Crippen LogP contribution in [-0.2, 0) is 5.41 Å². The molecule has 0 radical (unpaired) electrons. The third-order valence-electron chi connectivity index (χ3n) is 4.87. The van der Waals surface area contributed by atoms with Crippen LogP contribution in [0.4, 0.5) is 4.39 Å². The van der Waals surface area contributed by atoms with Gasteiger partial charge in [0.15, 0.2) is 0 Å². The molecule has 3 rings (SSSR count). The maximum absolute atomic E-state index is 14.4. The van der Waals surface area contributed by atoms with Gasteiger partial charge < -0.3 is 0 Å². The highest BCUT2D eigenvalue weighted by atomic mass is 28.3. The van der Waals surface area contributed by atoms with Gasteiger partial charge in [-0.2, -0.15) is 0 Å². The number of rotatable bonds is 3. The van der Waals surface area contributed by atoms with Crippen molar-refractivity contribution in [3.8, 4) is 22.4 Å². The Kier molecular flexibility index (Phi) is 5.09. The minimum atomic E-state index is -1.51. The van der Waals surface area contributed by atoms with E-state index >= 15 is 0 Å². The van der Waals surface area contributed by atoms with Crippen LogP contribution in [-0.4, -0.2) is 13.1 Å². The summed E-state index contributed by atoms with van der Waals surface area (Å²) in [6.07, 6.45) is 2.05. The number of hydrogen-bond donors (Lipinski definition) is 0. The van der Waals surface area contributed by atoms with Crippen molar-refractivity contribution < 1.29 is 4.39 Å². The van der Waals surface area contributed by atoms with Crippen molar-refractivity contribution in [2.24, 2.45) is 0 Å². The van der Waals surface area contributed by atoms with Gasteiger partial charge in [0.2, 0.25) is 0 Å². The SMILES string of the molecule is CC(C)(C)c1cc(-c2ccc(F)c(-c3ccccc3)c2)ncc1[Si](C)(C)C. The zero-order valence-electron chi connectivity index (χ0n) is 17.1. The maximum atomic E-state index is 14.4. The van der Waals surface area contributed by atoms with Crippen molar-refractivity contribution in [1.29, 1.82) is 0 Å². The zero-order valence-corrected chi connectivity index (χ0v) is 18.1. The summed E-state index contributed by atoms with van der Waals surface area (Å²) in [6, 6.07) is 17.2. The third-order valence-corrected chi connectivity index (χ3v) is 6.88. The number of aromatic nitrogens is 1. The molecule has 0 aliphatic heterocycles. The molecular weight excluding hydrogens is 349 g/mol. The Morgan fingerprint density at radius 2 is 1.52 bits per heavy atom. The first-order valence-corrected chi connectivity index (χ1v) is 12.9. The molecule has 1 aromatic heterocycles. The first kappa shape index (κ1) is 19.5. The number of halogens is 1. The molecule has 1 heterocycles. The van der Waals surface area contributed by atoms with Crippen LogP contribution in [0.5, 0.6) is 0 Å². The maximum Gasteiger partial charge on any atom is 0.131 e. The van der Waals surface area contributed by atoms with E-state index in [1.165, 1.54) is 10.8 Å². The smallest absolute Gasteiger partial charge is 0.131 e. The molecule has 0 spiro atoms. The molecule has 0 bridgehead atoms. The van der Waals surface area contributed by atoms with Crippen LogP contribution < -0.4 is 5.19 Å². The summed E-state index contributed by atoms with van der Waals surface area (Å²) >= 11 is 0. The lowest BCUT2D eigenvalue weighted by atomic mass is 9.86. The minimum absolute atomic E-state index is 0.0373. The largest absolute Gasteiger partial charge is 0.256 e. The van der Waals surface area contributed by atoms with Crippen LogP contribution in [0.1, 0.15) is 26.3 Å². The zero-order chi connectivity index (χ0) is 19.8. The quantitative estimate of drug-likeness (QED) is 0.481. The van der Waals surface area contributed by atoms with Crippen LogP contribution in [0.2, 0.25) is 19.6 Å². The van der Waals surface area contributed by atoms with Gasteiger partial charge in [-0.05, 0) is 46.0 Å². The molecule has 0 atom stereocenters. The molecule has 0 amide bonds. The Morgan fingerprint density at radius 1 is 0.852 bits per heavy atom. The Hall–Kier alpha value is -2.26. The number of hydrogen-bond acceptors (Lipinski definition) is 1. The third kappa shape index (κ3) is 4.19. The highest BCUT2D eigenvalue weighted by Gasteiger charge is 2.27. The van der Waals surface area contributed by atoms with Crippen LogP contribution in [0.15, 0.2) is 60.8 Å². The predicted molar refractivity (Wildman–Crippen MR) is 117 cm³/mol. The Morgan fingerprint density at radius 3 is 2.11 bits per heavy atom. The van der Waals surface area contributed by atoms with Crippen LogP contribution in [0.3, 0.4) is 0 Å². The van der Waals surface area contributed by atoms with Gasteiger partial charge in [-0.25, -0.2) is 4.39 Å². The van der Waals surface area contributed by atoms with Gasteiger partial charge in [0.05, 0.1) is 13.8 Å². The first-order chi connectivity index (χ1) is 12.6.